The van der Waals surface area contributed by atoms with Gasteiger partial charge in [0.25, 0.3) is 0 Å². The molecule has 0 aliphatic heterocycles. The van der Waals surface area contributed by atoms with E-state index in [0.29, 0.717) is 10.6 Å². The number of halogens is 2. The van der Waals surface area contributed by atoms with Gasteiger partial charge >= 0.3 is 0 Å². The predicted molar refractivity (Wildman–Crippen MR) is 76.6 cm³/mol. The zero-order valence-corrected chi connectivity index (χ0v) is 11.2. The quantitative estimate of drug-likeness (QED) is 0.672. The average molecular weight is 294 g/mol. The van der Waals surface area contributed by atoms with E-state index >= 15 is 0 Å². The third-order valence-electron chi connectivity index (χ3n) is 2.45. The Hall–Kier alpha value is -2.08. The number of nitrogens with one attached hydrogen (secondary N) is 1. The summed E-state index contributed by atoms with van der Waals surface area (Å²) in [7, 11) is 0. The molecule has 0 aliphatic rings. The highest BCUT2D eigenvalue weighted by molar-refractivity contribution is 8.00. The van der Waals surface area contributed by atoms with E-state index in [4.69, 9.17) is 5.73 Å². The minimum Gasteiger partial charge on any atom is -0.396 e. The second kappa shape index (κ2) is 6.38. The molecule has 0 spiro atoms. The molecule has 1 amide bonds. The zero-order chi connectivity index (χ0) is 14.5. The topological polar surface area (TPSA) is 55.1 Å². The van der Waals surface area contributed by atoms with Crippen LogP contribution in [0.1, 0.15) is 0 Å². The van der Waals surface area contributed by atoms with Gasteiger partial charge in [0, 0.05) is 10.6 Å². The van der Waals surface area contributed by atoms with Gasteiger partial charge in [-0.05, 0) is 36.4 Å². The number of hydrogen-bond acceptors (Lipinski definition) is 3. The van der Waals surface area contributed by atoms with Gasteiger partial charge in [0.05, 0.1) is 11.4 Å². The number of thioether (sulfide) groups is 1. The molecular formula is C14H12F2N2OS. The van der Waals surface area contributed by atoms with Gasteiger partial charge in [0.2, 0.25) is 5.91 Å². The van der Waals surface area contributed by atoms with Crippen molar-refractivity contribution in [2.75, 3.05) is 16.8 Å². The van der Waals surface area contributed by atoms with Gasteiger partial charge in [-0.15, -0.1) is 11.8 Å². The lowest BCUT2D eigenvalue weighted by Crippen LogP contribution is -2.14. The molecule has 0 atom stereocenters. The average Bonchev–Trinajstić information content (AvgIpc) is 2.40. The fraction of sp³-hybridized carbons (Fsp3) is 0.0714. The maximum Gasteiger partial charge on any atom is 0.234 e. The zero-order valence-electron chi connectivity index (χ0n) is 10.4. The van der Waals surface area contributed by atoms with E-state index in [-0.39, 0.29) is 17.3 Å². The normalized spacial score (nSPS) is 10.3. The minimum atomic E-state index is -0.513. The molecule has 6 heteroatoms. The van der Waals surface area contributed by atoms with E-state index in [1.54, 1.807) is 12.1 Å². The van der Waals surface area contributed by atoms with Crippen molar-refractivity contribution in [2.24, 2.45) is 0 Å². The molecule has 20 heavy (non-hydrogen) atoms. The molecule has 3 nitrogen and oxygen atoms in total. The monoisotopic (exact) mass is 294 g/mol. The number of carbonyl (C=O) groups excluding carboxylic acids is 1. The molecule has 0 aromatic heterocycles. The van der Waals surface area contributed by atoms with Crippen LogP contribution in [0.25, 0.3) is 0 Å². The van der Waals surface area contributed by atoms with Crippen LogP contribution in [0.4, 0.5) is 20.2 Å². The molecule has 0 heterocycles. The Balaban J connectivity index is 1.90. The summed E-state index contributed by atoms with van der Waals surface area (Å²) in [6, 6.07) is 9.98. The van der Waals surface area contributed by atoms with E-state index < -0.39 is 11.6 Å². The first-order chi connectivity index (χ1) is 9.54. The van der Waals surface area contributed by atoms with E-state index in [1.165, 1.54) is 42.1 Å². The second-order valence-electron chi connectivity index (χ2n) is 4.03. The molecule has 0 aliphatic carbocycles. The summed E-state index contributed by atoms with van der Waals surface area (Å²) < 4.78 is 26.2. The molecule has 0 bridgehead atoms. The molecule has 0 radical (unpaired) electrons. The van der Waals surface area contributed by atoms with Crippen LogP contribution in [0.15, 0.2) is 47.4 Å². The van der Waals surface area contributed by atoms with Crippen LogP contribution in [0.5, 0.6) is 0 Å². The van der Waals surface area contributed by atoms with Crippen LogP contribution in [-0.2, 0) is 4.79 Å². The third kappa shape index (κ3) is 3.96. The molecule has 2 aromatic rings. The maximum atomic E-state index is 13.2. The Morgan fingerprint density at radius 2 is 2.00 bits per heavy atom. The number of anilines is 2. The lowest BCUT2D eigenvalue weighted by molar-refractivity contribution is -0.113. The van der Waals surface area contributed by atoms with Crippen molar-refractivity contribution in [3.8, 4) is 0 Å². The largest absolute Gasteiger partial charge is 0.396 e. The Morgan fingerprint density at radius 3 is 2.70 bits per heavy atom. The first-order valence-electron chi connectivity index (χ1n) is 5.78. The summed E-state index contributed by atoms with van der Waals surface area (Å²) >= 11 is 1.17. The van der Waals surface area contributed by atoms with Crippen LogP contribution in [0.2, 0.25) is 0 Å². The SMILES string of the molecule is Nc1ccc(SCC(=O)Nc2cccc(F)c2)cc1F. The molecule has 3 N–H and O–H groups in total. The number of benzene rings is 2. The highest BCUT2D eigenvalue weighted by Gasteiger charge is 2.06. The summed E-state index contributed by atoms with van der Waals surface area (Å²) in [5.41, 5.74) is 5.82. The Labute approximate surface area is 119 Å². The third-order valence-corrected chi connectivity index (χ3v) is 3.44. The lowest BCUT2D eigenvalue weighted by atomic mass is 10.3. The number of nitrogen functional groups attached to an aromatic ring is 1. The van der Waals surface area contributed by atoms with Crippen molar-refractivity contribution < 1.29 is 13.6 Å². The van der Waals surface area contributed by atoms with Crippen molar-refractivity contribution in [1.29, 1.82) is 0 Å². The highest BCUT2D eigenvalue weighted by Crippen LogP contribution is 2.22. The van der Waals surface area contributed by atoms with Gasteiger partial charge in [-0.2, -0.15) is 0 Å². The fourth-order valence-corrected chi connectivity index (χ4v) is 2.23. The van der Waals surface area contributed by atoms with Crippen molar-refractivity contribution >= 4 is 29.0 Å². The van der Waals surface area contributed by atoms with Crippen LogP contribution < -0.4 is 11.1 Å². The van der Waals surface area contributed by atoms with Crippen LogP contribution >= 0.6 is 11.8 Å². The summed E-state index contributed by atoms with van der Waals surface area (Å²) in [6.07, 6.45) is 0. The van der Waals surface area contributed by atoms with Gasteiger partial charge in [0.1, 0.15) is 11.6 Å². The van der Waals surface area contributed by atoms with Crippen LogP contribution in [-0.4, -0.2) is 11.7 Å². The molecule has 2 rings (SSSR count). The Bertz CT molecular complexity index is 634. The van der Waals surface area contributed by atoms with E-state index in [1.807, 2.05) is 0 Å². The smallest absolute Gasteiger partial charge is 0.234 e. The van der Waals surface area contributed by atoms with Crippen LogP contribution in [0, 0.1) is 11.6 Å². The molecule has 0 saturated carbocycles. The molecule has 0 saturated heterocycles. The minimum absolute atomic E-state index is 0.0681. The Morgan fingerprint density at radius 1 is 1.20 bits per heavy atom. The second-order valence-corrected chi connectivity index (χ2v) is 5.08. The number of amides is 1. The summed E-state index contributed by atoms with van der Waals surface area (Å²) in [4.78, 5) is 12.3. The van der Waals surface area contributed by atoms with E-state index in [2.05, 4.69) is 5.32 Å². The van der Waals surface area contributed by atoms with Gasteiger partial charge < -0.3 is 11.1 Å². The van der Waals surface area contributed by atoms with Gasteiger partial charge in [-0.25, -0.2) is 8.78 Å². The first-order valence-corrected chi connectivity index (χ1v) is 6.76. The molecule has 0 fully saturated rings. The van der Waals surface area contributed by atoms with E-state index in [9.17, 15) is 13.6 Å². The summed E-state index contributed by atoms with van der Waals surface area (Å²) in [5.74, 6) is -1.13. The molecule has 2 aromatic carbocycles. The van der Waals surface area contributed by atoms with Gasteiger partial charge in [-0.1, -0.05) is 6.07 Å². The van der Waals surface area contributed by atoms with Crippen molar-refractivity contribution in [3.05, 3.63) is 54.1 Å². The number of nitrogens with two attached hydrogens (primary N) is 1. The van der Waals surface area contributed by atoms with Gasteiger partial charge in [0.15, 0.2) is 0 Å². The standard InChI is InChI=1S/C14H12F2N2OS/c15-9-2-1-3-10(6-9)18-14(19)8-20-11-4-5-13(17)12(16)7-11/h1-7H,8,17H2,(H,18,19). The number of hydrogen-bond donors (Lipinski definition) is 2. The number of rotatable bonds is 4. The highest BCUT2D eigenvalue weighted by atomic mass is 32.2. The first kappa shape index (κ1) is 14.3. The molecule has 104 valence electrons. The van der Waals surface area contributed by atoms with Gasteiger partial charge in [-0.3, -0.25) is 4.79 Å². The summed E-state index contributed by atoms with van der Waals surface area (Å²) in [6.45, 7) is 0. The van der Waals surface area contributed by atoms with Crippen molar-refractivity contribution in [3.63, 3.8) is 0 Å². The number of carbonyl (C=O) groups is 1. The van der Waals surface area contributed by atoms with Crippen molar-refractivity contribution in [2.45, 2.75) is 4.90 Å². The molecular weight excluding hydrogens is 282 g/mol. The summed E-state index contributed by atoms with van der Waals surface area (Å²) in [5, 5.41) is 2.56. The lowest BCUT2D eigenvalue weighted by Gasteiger charge is -2.06. The Kier molecular flexibility index (Phi) is 4.57. The maximum absolute atomic E-state index is 13.2. The predicted octanol–water partition coefficient (Wildman–Crippen LogP) is 3.28. The van der Waals surface area contributed by atoms with E-state index in [0.717, 1.165) is 0 Å². The fourth-order valence-electron chi connectivity index (χ4n) is 1.51. The van der Waals surface area contributed by atoms with Crippen LogP contribution in [0.3, 0.4) is 0 Å². The van der Waals surface area contributed by atoms with Crippen molar-refractivity contribution in [1.82, 2.24) is 0 Å². The molecule has 0 unspecified atom stereocenters.